The fraction of sp³-hybridized carbons (Fsp3) is 0.441. The summed E-state index contributed by atoms with van der Waals surface area (Å²) in [5, 5.41) is 12.3. The number of nitrogens with one attached hydrogen (secondary N) is 1. The Hall–Kier alpha value is -4.02. The number of amides is 1. The van der Waals surface area contributed by atoms with Crippen LogP contribution < -0.4 is 10.9 Å². The topological polar surface area (TPSA) is 88.4 Å². The lowest BCUT2D eigenvalue weighted by Crippen LogP contribution is -2.40. The molecule has 0 fully saturated rings. The third-order valence-corrected chi connectivity index (χ3v) is 7.74. The van der Waals surface area contributed by atoms with Gasteiger partial charge < -0.3 is 15.0 Å². The largest absolute Gasteiger partial charge is 0.481 e. The van der Waals surface area contributed by atoms with Crippen LogP contribution in [0.25, 0.3) is 11.1 Å². The summed E-state index contributed by atoms with van der Waals surface area (Å²) in [5.74, 6) is -3.58. The molecule has 45 heavy (non-hydrogen) atoms. The second-order valence-corrected chi connectivity index (χ2v) is 12.0. The Kier molecular flexibility index (Phi) is 11.3. The van der Waals surface area contributed by atoms with Gasteiger partial charge in [-0.15, -0.1) is 0 Å². The first kappa shape index (κ1) is 35.5. The third kappa shape index (κ3) is 8.58. The minimum absolute atomic E-state index is 0.0305. The van der Waals surface area contributed by atoms with Crippen molar-refractivity contribution in [2.24, 2.45) is 5.92 Å². The van der Waals surface area contributed by atoms with Crippen LogP contribution in [0.4, 0.5) is 22.0 Å². The first-order chi connectivity index (χ1) is 20.9. The number of aromatic nitrogens is 1. The van der Waals surface area contributed by atoms with E-state index in [1.807, 2.05) is 6.92 Å². The Morgan fingerprint density at radius 1 is 0.978 bits per heavy atom. The zero-order chi connectivity index (χ0) is 33.8. The van der Waals surface area contributed by atoms with Crippen molar-refractivity contribution in [2.45, 2.75) is 91.9 Å². The molecule has 3 rings (SSSR count). The van der Waals surface area contributed by atoms with Gasteiger partial charge in [-0.05, 0) is 104 Å². The number of unbranched alkanes of at least 4 members (excludes halogenated alkanes) is 1. The van der Waals surface area contributed by atoms with Gasteiger partial charge in [0.1, 0.15) is 17.7 Å². The highest BCUT2D eigenvalue weighted by Gasteiger charge is 2.36. The first-order valence-corrected chi connectivity index (χ1v) is 14.9. The summed E-state index contributed by atoms with van der Waals surface area (Å²) >= 11 is 0. The zero-order valence-electron chi connectivity index (χ0n) is 26.2. The number of alkyl halides is 3. The molecule has 0 bridgehead atoms. The molecule has 2 aromatic carbocycles. The van der Waals surface area contributed by atoms with Crippen molar-refractivity contribution in [1.29, 1.82) is 0 Å². The van der Waals surface area contributed by atoms with Crippen LogP contribution in [0, 0.1) is 38.3 Å². The summed E-state index contributed by atoms with van der Waals surface area (Å²) in [4.78, 5) is 38.8. The van der Waals surface area contributed by atoms with Gasteiger partial charge in [-0.1, -0.05) is 27.2 Å². The van der Waals surface area contributed by atoms with Crippen molar-refractivity contribution in [3.8, 4) is 11.1 Å². The standard InChI is InChI=1S/C34H39F5N2O4/c1-7-8-9-22-17-41(29(42)15-26(22)34(37,38)39)28(10-18(2)3)33(45)40-27(16-30(43)44)25-14-23(11-21(6)32(25)36)31-19(4)12-24(35)13-20(31)5/h11-15,17-18,27-28H,7-10,16H2,1-6H3,(H,40,45)(H,43,44). The predicted molar refractivity (Wildman–Crippen MR) is 162 cm³/mol. The maximum Gasteiger partial charge on any atom is 0.416 e. The Bertz CT molecular complexity index is 1600. The van der Waals surface area contributed by atoms with Gasteiger partial charge in [0.25, 0.3) is 5.56 Å². The highest BCUT2D eigenvalue weighted by atomic mass is 19.4. The molecule has 1 aromatic heterocycles. The lowest BCUT2D eigenvalue weighted by atomic mass is 9.90. The van der Waals surface area contributed by atoms with E-state index >= 15 is 4.39 Å². The minimum atomic E-state index is -4.77. The van der Waals surface area contributed by atoms with Crippen LogP contribution in [0.5, 0.6) is 0 Å². The molecule has 0 aliphatic rings. The third-order valence-electron chi connectivity index (χ3n) is 7.74. The van der Waals surface area contributed by atoms with Crippen LogP contribution in [-0.4, -0.2) is 21.6 Å². The molecular formula is C34H39F5N2O4. The van der Waals surface area contributed by atoms with Gasteiger partial charge >= 0.3 is 12.1 Å². The van der Waals surface area contributed by atoms with Crippen LogP contribution in [0.1, 0.15) is 91.9 Å². The fourth-order valence-corrected chi connectivity index (χ4v) is 5.70. The normalized spacial score (nSPS) is 13.2. The number of hydrogen-bond donors (Lipinski definition) is 2. The number of benzene rings is 2. The predicted octanol–water partition coefficient (Wildman–Crippen LogP) is 8.00. The minimum Gasteiger partial charge on any atom is -0.481 e. The first-order valence-electron chi connectivity index (χ1n) is 14.9. The Morgan fingerprint density at radius 3 is 2.13 bits per heavy atom. The van der Waals surface area contributed by atoms with E-state index in [4.69, 9.17) is 0 Å². The van der Waals surface area contributed by atoms with Crippen LogP contribution in [0.15, 0.2) is 41.3 Å². The molecule has 2 unspecified atom stereocenters. The number of carboxylic acid groups (broad SMARTS) is 1. The molecule has 3 aromatic rings. The molecule has 0 spiro atoms. The smallest absolute Gasteiger partial charge is 0.416 e. The summed E-state index contributed by atoms with van der Waals surface area (Å²) in [7, 11) is 0. The van der Waals surface area contributed by atoms with E-state index in [0.717, 1.165) is 10.8 Å². The van der Waals surface area contributed by atoms with Crippen LogP contribution in [0.2, 0.25) is 0 Å². The number of carbonyl (C=O) groups excluding carboxylic acids is 1. The summed E-state index contributed by atoms with van der Waals surface area (Å²) in [5.41, 5.74) is 0.0455. The van der Waals surface area contributed by atoms with E-state index < -0.39 is 59.3 Å². The second kappa shape index (κ2) is 14.4. The second-order valence-electron chi connectivity index (χ2n) is 12.0. The molecule has 2 atom stereocenters. The van der Waals surface area contributed by atoms with Gasteiger partial charge in [0.05, 0.1) is 18.0 Å². The molecule has 0 radical (unpaired) electrons. The number of halogens is 5. The number of pyridine rings is 1. The van der Waals surface area contributed by atoms with Gasteiger partial charge in [0.15, 0.2) is 0 Å². The number of hydrogen-bond acceptors (Lipinski definition) is 3. The average molecular weight is 635 g/mol. The molecule has 6 nitrogen and oxygen atoms in total. The van der Waals surface area contributed by atoms with Crippen molar-refractivity contribution >= 4 is 11.9 Å². The number of rotatable bonds is 12. The van der Waals surface area contributed by atoms with Gasteiger partial charge in [0, 0.05) is 17.8 Å². The van der Waals surface area contributed by atoms with Crippen molar-refractivity contribution in [3.63, 3.8) is 0 Å². The molecule has 11 heteroatoms. The van der Waals surface area contributed by atoms with Crippen molar-refractivity contribution in [1.82, 2.24) is 9.88 Å². The number of nitrogens with zero attached hydrogens (tertiary/aromatic N) is 1. The van der Waals surface area contributed by atoms with E-state index in [2.05, 4.69) is 5.32 Å². The molecular weight excluding hydrogens is 595 g/mol. The molecule has 0 aliphatic carbocycles. The SMILES string of the molecule is CCCCc1cn(C(CC(C)C)C(=O)NC(CC(=O)O)c2cc(-c3c(C)cc(F)cc3C)cc(C)c2F)c(=O)cc1C(F)(F)F. The lowest BCUT2D eigenvalue weighted by molar-refractivity contribution is -0.139. The van der Waals surface area contributed by atoms with Gasteiger partial charge in [-0.2, -0.15) is 13.2 Å². The Morgan fingerprint density at radius 2 is 1.60 bits per heavy atom. The van der Waals surface area contributed by atoms with E-state index in [1.165, 1.54) is 25.1 Å². The maximum absolute atomic E-state index is 15.7. The molecule has 0 saturated heterocycles. The quantitative estimate of drug-likeness (QED) is 0.198. The summed E-state index contributed by atoms with van der Waals surface area (Å²) in [6.45, 7) is 10.2. The molecule has 2 N–H and O–H groups in total. The average Bonchev–Trinajstić information content (AvgIpc) is 2.91. The molecule has 0 aliphatic heterocycles. The van der Waals surface area contributed by atoms with Crippen LogP contribution in [-0.2, 0) is 22.2 Å². The van der Waals surface area contributed by atoms with E-state index in [0.29, 0.717) is 41.2 Å². The number of carbonyl (C=O) groups is 2. The number of aryl methyl sites for hydroxylation is 4. The molecule has 244 valence electrons. The van der Waals surface area contributed by atoms with Gasteiger partial charge in [-0.25, -0.2) is 8.78 Å². The maximum atomic E-state index is 15.7. The van der Waals surface area contributed by atoms with Crippen LogP contribution in [0.3, 0.4) is 0 Å². The monoisotopic (exact) mass is 634 g/mol. The lowest BCUT2D eigenvalue weighted by Gasteiger charge is -2.27. The van der Waals surface area contributed by atoms with Crippen molar-refractivity contribution in [2.75, 3.05) is 0 Å². The van der Waals surface area contributed by atoms with E-state index in [1.54, 1.807) is 33.8 Å². The Labute approximate surface area is 259 Å². The molecule has 1 heterocycles. The van der Waals surface area contributed by atoms with E-state index in [-0.39, 0.29) is 35.4 Å². The number of carboxylic acids is 1. The van der Waals surface area contributed by atoms with Crippen LogP contribution >= 0.6 is 0 Å². The molecule has 0 saturated carbocycles. The highest BCUT2D eigenvalue weighted by Crippen LogP contribution is 2.35. The van der Waals surface area contributed by atoms with E-state index in [9.17, 15) is 37.1 Å². The van der Waals surface area contributed by atoms with Gasteiger partial charge in [-0.3, -0.25) is 14.4 Å². The van der Waals surface area contributed by atoms with Crippen molar-refractivity contribution < 1.29 is 36.6 Å². The van der Waals surface area contributed by atoms with Gasteiger partial charge in [0.2, 0.25) is 5.91 Å². The van der Waals surface area contributed by atoms with Crippen molar-refractivity contribution in [3.05, 3.63) is 91.9 Å². The zero-order valence-corrected chi connectivity index (χ0v) is 26.2. The summed E-state index contributed by atoms with van der Waals surface area (Å²) in [6.07, 6.45) is -3.33. The molecule has 1 amide bonds. The highest BCUT2D eigenvalue weighted by molar-refractivity contribution is 5.82. The Balaban J connectivity index is 2.15. The number of aliphatic carboxylic acids is 1. The summed E-state index contributed by atoms with van der Waals surface area (Å²) < 4.78 is 72.0. The summed E-state index contributed by atoms with van der Waals surface area (Å²) in [6, 6.07) is 3.40. The fourth-order valence-electron chi connectivity index (χ4n) is 5.70.